The van der Waals surface area contributed by atoms with Crippen molar-refractivity contribution in [3.05, 3.63) is 55.0 Å². The van der Waals surface area contributed by atoms with E-state index in [4.69, 9.17) is 0 Å². The molecule has 0 heteroatoms. The quantitative estimate of drug-likeness (QED) is 0.528. The first kappa shape index (κ1) is 11.0. The second-order valence-corrected chi connectivity index (χ2v) is 3.41. The lowest BCUT2D eigenvalue weighted by atomic mass is 10.1. The van der Waals surface area contributed by atoms with Gasteiger partial charge < -0.3 is 0 Å². The molecule has 0 saturated carbocycles. The molecule has 75 valence electrons. The van der Waals surface area contributed by atoms with Crippen LogP contribution in [-0.4, -0.2) is 0 Å². The minimum atomic E-state index is 1.13. The predicted molar refractivity (Wildman–Crippen MR) is 63.9 cm³/mol. The van der Waals surface area contributed by atoms with Gasteiger partial charge >= 0.3 is 0 Å². The first-order valence-corrected chi connectivity index (χ1v) is 5.47. The van der Waals surface area contributed by atoms with Gasteiger partial charge in [-0.3, -0.25) is 0 Å². The van der Waals surface area contributed by atoms with Crippen molar-refractivity contribution >= 4 is 0 Å². The van der Waals surface area contributed by atoms with Crippen LogP contribution in [0.4, 0.5) is 0 Å². The molecule has 0 atom stereocenters. The Hall–Kier alpha value is -1.04. The summed E-state index contributed by atoms with van der Waals surface area (Å²) in [7, 11) is 0. The van der Waals surface area contributed by atoms with E-state index in [1.165, 1.54) is 19.3 Å². The van der Waals surface area contributed by atoms with Crippen LogP contribution in [0.5, 0.6) is 0 Å². The normalized spacial score (nSPS) is 28.6. The summed E-state index contributed by atoms with van der Waals surface area (Å²) in [6.07, 6.45) is 25.5. The van der Waals surface area contributed by atoms with Crippen molar-refractivity contribution in [1.82, 2.24) is 0 Å². The summed E-state index contributed by atoms with van der Waals surface area (Å²) in [5.41, 5.74) is 0. The molecule has 0 spiro atoms. The molecule has 14 heavy (non-hydrogen) atoms. The molecule has 0 unspecified atom stereocenters. The van der Waals surface area contributed by atoms with E-state index in [1.807, 2.05) is 0 Å². The maximum absolute atomic E-state index is 2.25. The second-order valence-electron chi connectivity index (χ2n) is 3.41. The first-order chi connectivity index (χ1) is 7.00. The van der Waals surface area contributed by atoms with E-state index in [1.54, 1.807) is 0 Å². The van der Waals surface area contributed by atoms with Gasteiger partial charge in [0.05, 0.1) is 0 Å². The van der Waals surface area contributed by atoms with Crippen molar-refractivity contribution in [3.63, 3.8) is 0 Å². The standard InChI is InChI=1S/C14H19/c1-2-4-6-8-10-12-14-13-11-9-7-5-3-1/h1-5,10,12-14H,6-9,11H2/b3-1+,4-2+,12-10+,14-13-. The molecule has 0 aromatic carbocycles. The van der Waals surface area contributed by atoms with Crippen LogP contribution in [0.25, 0.3) is 0 Å². The fraction of sp³-hybridized carbons (Fsp3) is 0.357. The summed E-state index contributed by atoms with van der Waals surface area (Å²) >= 11 is 0. The molecule has 1 rings (SSSR count). The minimum Gasteiger partial charge on any atom is -0.0845 e. The van der Waals surface area contributed by atoms with Gasteiger partial charge in [0.2, 0.25) is 0 Å². The predicted octanol–water partition coefficient (Wildman–Crippen LogP) is 4.38. The third kappa shape index (κ3) is 6.47. The lowest BCUT2D eigenvalue weighted by molar-refractivity contribution is 0.843. The largest absolute Gasteiger partial charge is 0.0845 e. The average Bonchev–Trinajstić information content (AvgIpc) is 2.22. The average molecular weight is 187 g/mol. The van der Waals surface area contributed by atoms with Crippen molar-refractivity contribution in [2.24, 2.45) is 0 Å². The molecule has 0 nitrogen and oxygen atoms in total. The van der Waals surface area contributed by atoms with Gasteiger partial charge in [-0.2, -0.15) is 0 Å². The molecule has 1 aliphatic carbocycles. The Labute approximate surface area is 87.7 Å². The van der Waals surface area contributed by atoms with Gasteiger partial charge in [-0.1, -0.05) is 48.6 Å². The van der Waals surface area contributed by atoms with Gasteiger partial charge in [-0.15, -0.1) is 0 Å². The molecule has 1 aliphatic rings. The molecule has 0 N–H and O–H groups in total. The topological polar surface area (TPSA) is 0 Å². The molecule has 0 saturated heterocycles. The van der Waals surface area contributed by atoms with Gasteiger partial charge in [0.15, 0.2) is 0 Å². The molecule has 0 amide bonds. The zero-order valence-electron chi connectivity index (χ0n) is 8.73. The summed E-state index contributed by atoms with van der Waals surface area (Å²) < 4.78 is 0. The number of rotatable bonds is 0. The number of hydrogen-bond acceptors (Lipinski definition) is 0. The van der Waals surface area contributed by atoms with Crippen molar-refractivity contribution in [3.8, 4) is 0 Å². The van der Waals surface area contributed by atoms with E-state index in [-0.39, 0.29) is 0 Å². The monoisotopic (exact) mass is 187 g/mol. The Balaban J connectivity index is 2.34. The number of allylic oxidation sites excluding steroid dienone is 8. The molecule has 0 aromatic heterocycles. The molecule has 0 aromatic rings. The van der Waals surface area contributed by atoms with Crippen molar-refractivity contribution in [2.45, 2.75) is 32.1 Å². The fourth-order valence-corrected chi connectivity index (χ4v) is 1.31. The van der Waals surface area contributed by atoms with Gasteiger partial charge in [0.25, 0.3) is 0 Å². The SMILES string of the molecule is [CH]1/C=C/C=C/CC/C=C/C=C\CCC1. The highest BCUT2D eigenvalue weighted by Crippen LogP contribution is 2.02. The van der Waals surface area contributed by atoms with Gasteiger partial charge in [0.1, 0.15) is 0 Å². The molecule has 0 bridgehead atoms. The van der Waals surface area contributed by atoms with Crippen molar-refractivity contribution in [2.75, 3.05) is 0 Å². The first-order valence-electron chi connectivity index (χ1n) is 5.47. The summed E-state index contributed by atoms with van der Waals surface area (Å²) in [5.74, 6) is 0. The maximum Gasteiger partial charge on any atom is -0.0167 e. The lowest BCUT2D eigenvalue weighted by Crippen LogP contribution is -1.73. The highest BCUT2D eigenvalue weighted by molar-refractivity contribution is 5.09. The Bertz CT molecular complexity index is 202. The van der Waals surface area contributed by atoms with E-state index in [9.17, 15) is 0 Å². The van der Waals surface area contributed by atoms with Gasteiger partial charge in [-0.25, -0.2) is 0 Å². The van der Waals surface area contributed by atoms with Crippen LogP contribution in [0.1, 0.15) is 32.1 Å². The van der Waals surface area contributed by atoms with Crippen molar-refractivity contribution < 1.29 is 0 Å². The molecule has 0 heterocycles. The Morgan fingerprint density at radius 3 is 1.93 bits per heavy atom. The van der Waals surface area contributed by atoms with Crippen molar-refractivity contribution in [1.29, 1.82) is 0 Å². The van der Waals surface area contributed by atoms with Crippen LogP contribution in [-0.2, 0) is 0 Å². The molecule has 0 fully saturated rings. The Morgan fingerprint density at radius 2 is 1.14 bits per heavy atom. The van der Waals surface area contributed by atoms with Crippen LogP contribution in [0.3, 0.4) is 0 Å². The van der Waals surface area contributed by atoms with E-state index in [0.29, 0.717) is 0 Å². The molecular weight excluding hydrogens is 168 g/mol. The highest BCUT2D eigenvalue weighted by atomic mass is 13.9. The number of hydrogen-bond donors (Lipinski definition) is 0. The third-order valence-electron chi connectivity index (χ3n) is 2.12. The Kier molecular flexibility index (Phi) is 6.74. The van der Waals surface area contributed by atoms with Crippen LogP contribution in [0, 0.1) is 6.42 Å². The molecular formula is C14H19. The summed E-state index contributed by atoms with van der Waals surface area (Å²) in [5, 5.41) is 0. The van der Waals surface area contributed by atoms with E-state index >= 15 is 0 Å². The van der Waals surface area contributed by atoms with E-state index in [2.05, 4.69) is 55.0 Å². The van der Waals surface area contributed by atoms with Crippen LogP contribution < -0.4 is 0 Å². The summed E-state index contributed by atoms with van der Waals surface area (Å²) in [6, 6.07) is 0. The van der Waals surface area contributed by atoms with E-state index < -0.39 is 0 Å². The Morgan fingerprint density at radius 1 is 0.500 bits per heavy atom. The van der Waals surface area contributed by atoms with Gasteiger partial charge in [-0.05, 0) is 38.5 Å². The second kappa shape index (κ2) is 8.55. The van der Waals surface area contributed by atoms with Crippen LogP contribution >= 0.6 is 0 Å². The summed E-state index contributed by atoms with van der Waals surface area (Å²) in [6.45, 7) is 0. The smallest absolute Gasteiger partial charge is 0.0167 e. The van der Waals surface area contributed by atoms with E-state index in [0.717, 1.165) is 12.8 Å². The molecule has 0 aliphatic heterocycles. The highest BCUT2D eigenvalue weighted by Gasteiger charge is 1.83. The van der Waals surface area contributed by atoms with Crippen LogP contribution in [0.15, 0.2) is 48.6 Å². The minimum absolute atomic E-state index is 1.13. The zero-order chi connectivity index (χ0) is 9.90. The summed E-state index contributed by atoms with van der Waals surface area (Å²) in [4.78, 5) is 0. The molecule has 1 radical (unpaired) electrons. The fourth-order valence-electron chi connectivity index (χ4n) is 1.31. The zero-order valence-corrected chi connectivity index (χ0v) is 8.73. The lowest BCUT2D eigenvalue weighted by Gasteiger charge is -1.92. The van der Waals surface area contributed by atoms with Gasteiger partial charge in [0, 0.05) is 0 Å². The third-order valence-corrected chi connectivity index (χ3v) is 2.12. The van der Waals surface area contributed by atoms with Crippen LogP contribution in [0.2, 0.25) is 0 Å². The maximum atomic E-state index is 2.25.